The van der Waals surface area contributed by atoms with Crippen molar-refractivity contribution in [3.8, 4) is 0 Å². The molecule has 14 heavy (non-hydrogen) atoms. The van der Waals surface area contributed by atoms with Gasteiger partial charge in [0, 0.05) is 25.2 Å². The van der Waals surface area contributed by atoms with E-state index in [4.69, 9.17) is 0 Å². The van der Waals surface area contributed by atoms with Gasteiger partial charge in [0.25, 0.3) is 0 Å². The molecular formula is C12H24N2. The largest absolute Gasteiger partial charge is 0.311 e. The molecule has 2 atom stereocenters. The van der Waals surface area contributed by atoms with E-state index in [1.807, 2.05) is 0 Å². The van der Waals surface area contributed by atoms with Crippen molar-refractivity contribution in [1.82, 2.24) is 10.2 Å². The number of nitrogens with zero attached hydrogens (tertiary/aromatic N) is 1. The number of nitrogens with one attached hydrogen (secondary N) is 1. The van der Waals surface area contributed by atoms with Crippen molar-refractivity contribution in [2.75, 3.05) is 20.1 Å². The molecule has 0 aromatic carbocycles. The highest BCUT2D eigenvalue weighted by molar-refractivity contribution is 4.93. The van der Waals surface area contributed by atoms with Crippen LogP contribution in [0.2, 0.25) is 0 Å². The van der Waals surface area contributed by atoms with Gasteiger partial charge in [-0.25, -0.2) is 0 Å². The Hall–Kier alpha value is -0.0800. The summed E-state index contributed by atoms with van der Waals surface area (Å²) in [6.07, 6.45) is 4.25. The zero-order valence-electron chi connectivity index (χ0n) is 9.79. The summed E-state index contributed by atoms with van der Waals surface area (Å²) in [6, 6.07) is 1.56. The first-order valence-corrected chi connectivity index (χ1v) is 6.10. The molecule has 2 heteroatoms. The third-order valence-electron chi connectivity index (χ3n) is 3.61. The van der Waals surface area contributed by atoms with Crippen LogP contribution in [0.4, 0.5) is 0 Å². The molecule has 0 aromatic rings. The van der Waals surface area contributed by atoms with Crippen molar-refractivity contribution in [1.29, 1.82) is 0 Å². The van der Waals surface area contributed by atoms with Gasteiger partial charge in [-0.1, -0.05) is 13.8 Å². The number of piperazine rings is 1. The Labute approximate surface area is 88.1 Å². The van der Waals surface area contributed by atoms with Gasteiger partial charge in [0.05, 0.1) is 0 Å². The van der Waals surface area contributed by atoms with E-state index in [1.165, 1.54) is 32.4 Å². The minimum absolute atomic E-state index is 0.731. The topological polar surface area (TPSA) is 15.3 Å². The molecule has 2 unspecified atom stereocenters. The second kappa shape index (κ2) is 4.19. The van der Waals surface area contributed by atoms with Crippen molar-refractivity contribution in [3.05, 3.63) is 0 Å². The summed E-state index contributed by atoms with van der Waals surface area (Å²) < 4.78 is 0. The van der Waals surface area contributed by atoms with Gasteiger partial charge in [0.2, 0.25) is 0 Å². The molecule has 1 heterocycles. The summed E-state index contributed by atoms with van der Waals surface area (Å²) in [4.78, 5) is 2.58. The second-order valence-corrected chi connectivity index (χ2v) is 5.58. The smallest absolute Gasteiger partial charge is 0.0246 e. The molecule has 1 saturated carbocycles. The lowest BCUT2D eigenvalue weighted by molar-refractivity contribution is 0.137. The van der Waals surface area contributed by atoms with E-state index in [1.54, 1.807) is 0 Å². The molecule has 1 aliphatic carbocycles. The summed E-state index contributed by atoms with van der Waals surface area (Å²) in [5.74, 6) is 1.82. The predicted octanol–water partition coefficient (Wildman–Crippen LogP) is 1.71. The quantitative estimate of drug-likeness (QED) is 0.739. The molecule has 2 aliphatic rings. The van der Waals surface area contributed by atoms with E-state index in [-0.39, 0.29) is 0 Å². The van der Waals surface area contributed by atoms with Crippen LogP contribution < -0.4 is 5.32 Å². The molecular weight excluding hydrogens is 172 g/mol. The number of hydrogen-bond donors (Lipinski definition) is 1. The monoisotopic (exact) mass is 196 g/mol. The van der Waals surface area contributed by atoms with Crippen LogP contribution >= 0.6 is 0 Å². The Bertz CT molecular complexity index is 187. The standard InChI is InChI=1S/C12H24N2/c1-9(2)6-11-8-14(3)12(7-13-11)10-4-5-10/h9-13H,4-8H2,1-3H3. The molecule has 0 radical (unpaired) electrons. The normalized spacial score (nSPS) is 35.1. The maximum Gasteiger partial charge on any atom is 0.0246 e. The summed E-state index contributed by atoms with van der Waals surface area (Å²) in [5, 5.41) is 3.71. The Morgan fingerprint density at radius 3 is 2.57 bits per heavy atom. The zero-order valence-corrected chi connectivity index (χ0v) is 9.79. The van der Waals surface area contributed by atoms with Gasteiger partial charge in [-0.2, -0.15) is 0 Å². The van der Waals surface area contributed by atoms with E-state index in [2.05, 4.69) is 31.1 Å². The van der Waals surface area contributed by atoms with Crippen LogP contribution in [0.25, 0.3) is 0 Å². The van der Waals surface area contributed by atoms with Gasteiger partial charge in [-0.15, -0.1) is 0 Å². The minimum atomic E-state index is 0.731. The SMILES string of the molecule is CC(C)CC1CN(C)C(C2CC2)CN1. The fraction of sp³-hybridized carbons (Fsp3) is 1.00. The lowest BCUT2D eigenvalue weighted by atomic mass is 9.99. The van der Waals surface area contributed by atoms with Crippen LogP contribution in [0.1, 0.15) is 33.1 Å². The average molecular weight is 196 g/mol. The molecule has 82 valence electrons. The lowest BCUT2D eigenvalue weighted by Crippen LogP contribution is -2.56. The van der Waals surface area contributed by atoms with Crippen LogP contribution in [0.3, 0.4) is 0 Å². The molecule has 2 fully saturated rings. The van der Waals surface area contributed by atoms with Crippen molar-refractivity contribution in [2.24, 2.45) is 11.8 Å². The molecule has 0 spiro atoms. The minimum Gasteiger partial charge on any atom is -0.311 e. The number of rotatable bonds is 3. The maximum atomic E-state index is 3.71. The molecule has 0 bridgehead atoms. The van der Waals surface area contributed by atoms with Crippen LogP contribution in [0.5, 0.6) is 0 Å². The first-order valence-electron chi connectivity index (χ1n) is 6.10. The first kappa shape index (κ1) is 10.4. The summed E-state index contributed by atoms with van der Waals surface area (Å²) in [5.41, 5.74) is 0. The van der Waals surface area contributed by atoms with E-state index >= 15 is 0 Å². The highest BCUT2D eigenvalue weighted by Crippen LogP contribution is 2.35. The van der Waals surface area contributed by atoms with Gasteiger partial charge < -0.3 is 10.2 Å². The lowest BCUT2D eigenvalue weighted by Gasteiger charge is -2.39. The van der Waals surface area contributed by atoms with Crippen molar-refractivity contribution in [3.63, 3.8) is 0 Å². The Morgan fingerprint density at radius 1 is 1.36 bits per heavy atom. The van der Waals surface area contributed by atoms with Crippen LogP contribution in [0.15, 0.2) is 0 Å². The van der Waals surface area contributed by atoms with Gasteiger partial charge >= 0.3 is 0 Å². The molecule has 0 aromatic heterocycles. The molecule has 1 saturated heterocycles. The molecule has 1 aliphatic heterocycles. The average Bonchev–Trinajstić information content (AvgIpc) is 2.86. The van der Waals surface area contributed by atoms with Crippen LogP contribution in [-0.2, 0) is 0 Å². The summed E-state index contributed by atoms with van der Waals surface area (Å²) in [7, 11) is 2.30. The van der Waals surface area contributed by atoms with Gasteiger partial charge in [0.1, 0.15) is 0 Å². The fourth-order valence-corrected chi connectivity index (χ4v) is 2.73. The molecule has 0 amide bonds. The molecule has 2 rings (SSSR count). The predicted molar refractivity (Wildman–Crippen MR) is 60.4 cm³/mol. The second-order valence-electron chi connectivity index (χ2n) is 5.58. The zero-order chi connectivity index (χ0) is 10.1. The summed E-state index contributed by atoms with van der Waals surface area (Å²) in [6.45, 7) is 7.10. The van der Waals surface area contributed by atoms with Crippen LogP contribution in [-0.4, -0.2) is 37.1 Å². The van der Waals surface area contributed by atoms with Crippen molar-refractivity contribution < 1.29 is 0 Å². The highest BCUT2D eigenvalue weighted by atomic mass is 15.2. The first-order chi connectivity index (χ1) is 6.66. The van der Waals surface area contributed by atoms with Gasteiger partial charge in [0.15, 0.2) is 0 Å². The third kappa shape index (κ3) is 2.48. The Morgan fingerprint density at radius 2 is 2.07 bits per heavy atom. The summed E-state index contributed by atoms with van der Waals surface area (Å²) >= 11 is 0. The van der Waals surface area contributed by atoms with Crippen LogP contribution in [0, 0.1) is 11.8 Å². The maximum absolute atomic E-state index is 3.71. The highest BCUT2D eigenvalue weighted by Gasteiger charge is 2.36. The van der Waals surface area contributed by atoms with Gasteiger partial charge in [-0.05, 0) is 38.1 Å². The van der Waals surface area contributed by atoms with Gasteiger partial charge in [-0.3, -0.25) is 0 Å². The fourth-order valence-electron chi connectivity index (χ4n) is 2.73. The number of hydrogen-bond acceptors (Lipinski definition) is 2. The molecule has 2 nitrogen and oxygen atoms in total. The third-order valence-corrected chi connectivity index (χ3v) is 3.61. The van der Waals surface area contributed by atoms with E-state index in [9.17, 15) is 0 Å². The van der Waals surface area contributed by atoms with E-state index in [0.29, 0.717) is 0 Å². The van der Waals surface area contributed by atoms with Crippen molar-refractivity contribution in [2.45, 2.75) is 45.2 Å². The molecule has 1 N–H and O–H groups in total. The van der Waals surface area contributed by atoms with Crippen molar-refractivity contribution >= 4 is 0 Å². The van der Waals surface area contributed by atoms with E-state index in [0.717, 1.165) is 23.9 Å². The Balaban J connectivity index is 1.79. The van der Waals surface area contributed by atoms with E-state index < -0.39 is 0 Å². The number of likely N-dealkylation sites (N-methyl/N-ethyl adjacent to an activating group) is 1. The Kier molecular flexibility index (Phi) is 3.13.